The zero-order valence-corrected chi connectivity index (χ0v) is 11.3. The van der Waals surface area contributed by atoms with E-state index in [0.29, 0.717) is 19.3 Å². The largest absolute Gasteiger partial charge is 0.497 e. The molecule has 1 rings (SSSR count). The van der Waals surface area contributed by atoms with Crippen LogP contribution in [0.5, 0.6) is 5.75 Å². The lowest BCUT2D eigenvalue weighted by molar-refractivity contribution is 0.0368. The Hall–Kier alpha value is -1.10. The smallest absolute Gasteiger partial charge is 0.119 e. The second kappa shape index (κ2) is 8.08. The Labute approximate surface area is 109 Å². The molecule has 0 heterocycles. The van der Waals surface area contributed by atoms with Gasteiger partial charge < -0.3 is 19.9 Å². The van der Waals surface area contributed by atoms with Crippen LogP contribution in [0.4, 0.5) is 0 Å². The zero-order valence-electron chi connectivity index (χ0n) is 11.3. The molecule has 4 nitrogen and oxygen atoms in total. The maximum atomic E-state index is 9.95. The van der Waals surface area contributed by atoms with Crippen molar-refractivity contribution in [2.45, 2.75) is 26.0 Å². The van der Waals surface area contributed by atoms with Crippen molar-refractivity contribution in [1.29, 1.82) is 0 Å². The summed E-state index contributed by atoms with van der Waals surface area (Å²) in [6.07, 6.45) is -0.612. The van der Waals surface area contributed by atoms with E-state index in [1.165, 1.54) is 0 Å². The molecule has 1 unspecified atom stereocenters. The molecule has 0 saturated carbocycles. The number of methoxy groups -OCH3 is 1. The van der Waals surface area contributed by atoms with E-state index in [9.17, 15) is 5.11 Å². The number of hydrogen-bond donors (Lipinski definition) is 2. The molecule has 0 aliphatic rings. The first-order chi connectivity index (χ1) is 8.63. The summed E-state index contributed by atoms with van der Waals surface area (Å²) in [4.78, 5) is 0. The van der Waals surface area contributed by atoms with Crippen LogP contribution in [0.1, 0.15) is 25.5 Å². The Morgan fingerprint density at radius 3 is 2.78 bits per heavy atom. The van der Waals surface area contributed by atoms with Gasteiger partial charge in [-0.05, 0) is 17.7 Å². The van der Waals surface area contributed by atoms with Crippen LogP contribution >= 0.6 is 0 Å². The number of aliphatic hydroxyl groups is 1. The van der Waals surface area contributed by atoms with E-state index in [1.807, 2.05) is 24.3 Å². The summed E-state index contributed by atoms with van der Waals surface area (Å²) in [5, 5.41) is 13.2. The highest BCUT2D eigenvalue weighted by molar-refractivity contribution is 5.29. The normalized spacial score (nSPS) is 12.7. The van der Waals surface area contributed by atoms with E-state index >= 15 is 0 Å². The summed E-state index contributed by atoms with van der Waals surface area (Å²) in [6.45, 7) is 5.87. The number of nitrogens with one attached hydrogen (secondary N) is 1. The Morgan fingerprint density at radius 2 is 2.11 bits per heavy atom. The Kier molecular flexibility index (Phi) is 6.72. The minimum atomic E-state index is -0.612. The van der Waals surface area contributed by atoms with Crippen molar-refractivity contribution in [3.05, 3.63) is 29.8 Å². The summed E-state index contributed by atoms with van der Waals surface area (Å²) < 4.78 is 10.5. The molecule has 0 aliphatic heterocycles. The average Bonchev–Trinajstić information content (AvgIpc) is 2.37. The molecule has 0 spiro atoms. The maximum Gasteiger partial charge on any atom is 0.119 e. The van der Waals surface area contributed by atoms with Crippen LogP contribution in [-0.4, -0.2) is 38.0 Å². The minimum absolute atomic E-state index is 0.299. The van der Waals surface area contributed by atoms with Crippen LogP contribution in [0, 0.1) is 0 Å². The molecule has 0 amide bonds. The lowest BCUT2D eigenvalue weighted by Crippen LogP contribution is -2.27. The summed E-state index contributed by atoms with van der Waals surface area (Å²) in [7, 11) is 1.61. The Balaban J connectivity index is 2.29. The molecule has 102 valence electrons. The highest BCUT2D eigenvalue weighted by Gasteiger charge is 2.08. The molecule has 18 heavy (non-hydrogen) atoms. The molecule has 0 fully saturated rings. The fourth-order valence-corrected chi connectivity index (χ4v) is 1.56. The first-order valence-corrected chi connectivity index (χ1v) is 6.26. The van der Waals surface area contributed by atoms with Crippen molar-refractivity contribution in [2.24, 2.45) is 0 Å². The topological polar surface area (TPSA) is 50.7 Å². The lowest BCUT2D eigenvalue weighted by Gasteiger charge is -2.13. The standard InChI is InChI=1S/C14H23NO3/c1-11(2)15-7-8-18-10-14(16)12-5-4-6-13(9-12)17-3/h4-6,9,11,14-16H,7-8,10H2,1-3H3. The van der Waals surface area contributed by atoms with Crippen molar-refractivity contribution in [3.8, 4) is 5.75 Å². The minimum Gasteiger partial charge on any atom is -0.497 e. The number of benzene rings is 1. The molecular weight excluding hydrogens is 230 g/mol. The van der Waals surface area contributed by atoms with Crippen LogP contribution in [0.3, 0.4) is 0 Å². The van der Waals surface area contributed by atoms with Gasteiger partial charge in [0.2, 0.25) is 0 Å². The zero-order chi connectivity index (χ0) is 13.4. The average molecular weight is 253 g/mol. The van der Waals surface area contributed by atoms with E-state index < -0.39 is 6.10 Å². The van der Waals surface area contributed by atoms with Crippen LogP contribution < -0.4 is 10.1 Å². The van der Waals surface area contributed by atoms with Gasteiger partial charge in [0.25, 0.3) is 0 Å². The highest BCUT2D eigenvalue weighted by atomic mass is 16.5. The first-order valence-electron chi connectivity index (χ1n) is 6.26. The summed E-state index contributed by atoms with van der Waals surface area (Å²) >= 11 is 0. The monoisotopic (exact) mass is 253 g/mol. The molecule has 1 aromatic carbocycles. The number of hydrogen-bond acceptors (Lipinski definition) is 4. The third kappa shape index (κ3) is 5.49. The van der Waals surface area contributed by atoms with Crippen molar-refractivity contribution in [1.82, 2.24) is 5.32 Å². The molecule has 0 aromatic heterocycles. The van der Waals surface area contributed by atoms with Gasteiger partial charge >= 0.3 is 0 Å². The fourth-order valence-electron chi connectivity index (χ4n) is 1.56. The van der Waals surface area contributed by atoms with Gasteiger partial charge in [-0.2, -0.15) is 0 Å². The predicted molar refractivity (Wildman–Crippen MR) is 71.9 cm³/mol. The van der Waals surface area contributed by atoms with Crippen molar-refractivity contribution >= 4 is 0 Å². The third-order valence-electron chi connectivity index (χ3n) is 2.55. The SMILES string of the molecule is COc1cccc(C(O)COCCNC(C)C)c1. The Bertz CT molecular complexity index is 342. The molecular formula is C14H23NO3. The van der Waals surface area contributed by atoms with Crippen molar-refractivity contribution < 1.29 is 14.6 Å². The highest BCUT2D eigenvalue weighted by Crippen LogP contribution is 2.19. The van der Waals surface area contributed by atoms with E-state index in [2.05, 4.69) is 19.2 Å². The molecule has 0 saturated heterocycles. The van der Waals surface area contributed by atoms with E-state index in [4.69, 9.17) is 9.47 Å². The molecule has 0 aliphatic carbocycles. The molecule has 1 atom stereocenters. The van der Waals surface area contributed by atoms with E-state index in [1.54, 1.807) is 7.11 Å². The number of aliphatic hydroxyl groups excluding tert-OH is 1. The lowest BCUT2D eigenvalue weighted by atomic mass is 10.1. The predicted octanol–water partition coefficient (Wildman–Crippen LogP) is 1.74. The summed E-state index contributed by atoms with van der Waals surface area (Å²) in [5.74, 6) is 0.744. The van der Waals surface area contributed by atoms with Crippen LogP contribution in [-0.2, 0) is 4.74 Å². The van der Waals surface area contributed by atoms with Gasteiger partial charge in [-0.3, -0.25) is 0 Å². The van der Waals surface area contributed by atoms with Gasteiger partial charge in [0, 0.05) is 12.6 Å². The molecule has 0 bridgehead atoms. The van der Waals surface area contributed by atoms with E-state index in [-0.39, 0.29) is 0 Å². The summed E-state index contributed by atoms with van der Waals surface area (Å²) in [6, 6.07) is 7.85. The van der Waals surface area contributed by atoms with Gasteiger partial charge in [0.05, 0.1) is 20.3 Å². The summed E-state index contributed by atoms with van der Waals surface area (Å²) in [5.41, 5.74) is 0.811. The Morgan fingerprint density at radius 1 is 1.33 bits per heavy atom. The molecule has 4 heteroatoms. The van der Waals surface area contributed by atoms with Gasteiger partial charge in [0.1, 0.15) is 11.9 Å². The molecule has 2 N–H and O–H groups in total. The number of ether oxygens (including phenoxy) is 2. The van der Waals surface area contributed by atoms with Gasteiger partial charge in [0.15, 0.2) is 0 Å². The molecule has 1 aromatic rings. The van der Waals surface area contributed by atoms with Gasteiger partial charge in [-0.25, -0.2) is 0 Å². The van der Waals surface area contributed by atoms with Crippen molar-refractivity contribution in [3.63, 3.8) is 0 Å². The maximum absolute atomic E-state index is 9.95. The van der Waals surface area contributed by atoms with Crippen molar-refractivity contribution in [2.75, 3.05) is 26.9 Å². The quantitative estimate of drug-likeness (QED) is 0.693. The number of rotatable bonds is 8. The first kappa shape index (κ1) is 15.0. The fraction of sp³-hybridized carbons (Fsp3) is 0.571. The van der Waals surface area contributed by atoms with Crippen LogP contribution in [0.15, 0.2) is 24.3 Å². The van der Waals surface area contributed by atoms with E-state index in [0.717, 1.165) is 17.9 Å². The molecule has 0 radical (unpaired) electrons. The third-order valence-corrected chi connectivity index (χ3v) is 2.55. The second-order valence-electron chi connectivity index (χ2n) is 4.48. The second-order valence-corrected chi connectivity index (χ2v) is 4.48. The van der Waals surface area contributed by atoms with Crippen LogP contribution in [0.25, 0.3) is 0 Å². The van der Waals surface area contributed by atoms with Gasteiger partial charge in [-0.1, -0.05) is 26.0 Å². The van der Waals surface area contributed by atoms with Gasteiger partial charge in [-0.15, -0.1) is 0 Å². The van der Waals surface area contributed by atoms with Crippen LogP contribution in [0.2, 0.25) is 0 Å².